The molecule has 6 rings (SSSR count). The van der Waals surface area contributed by atoms with E-state index in [1.54, 1.807) is 18.0 Å². The lowest BCUT2D eigenvalue weighted by molar-refractivity contribution is -0.189. The molecule has 0 unspecified atom stereocenters. The Morgan fingerprint density at radius 3 is 2.67 bits per heavy atom. The van der Waals surface area contributed by atoms with Gasteiger partial charge in [-0.15, -0.1) is 0 Å². The van der Waals surface area contributed by atoms with Crippen molar-refractivity contribution in [3.8, 4) is 11.4 Å². The van der Waals surface area contributed by atoms with Crippen LogP contribution in [0.4, 0.5) is 4.39 Å². The monoisotopic (exact) mass is 676 g/mol. The average molecular weight is 677 g/mol. The Bertz CT molecular complexity index is 2240. The van der Waals surface area contributed by atoms with Gasteiger partial charge in [0.05, 0.1) is 41.3 Å². The molecule has 2 aliphatic rings. The van der Waals surface area contributed by atoms with E-state index in [0.717, 1.165) is 10.9 Å². The molecule has 1 aromatic carbocycles. The number of fused-ring (bicyclic) bond motifs is 5. The summed E-state index contributed by atoms with van der Waals surface area (Å²) >= 11 is 0. The van der Waals surface area contributed by atoms with Crippen molar-refractivity contribution in [2.45, 2.75) is 57.7 Å². The van der Waals surface area contributed by atoms with Crippen LogP contribution in [0.5, 0.6) is 0 Å². The van der Waals surface area contributed by atoms with Crippen LogP contribution in [0, 0.1) is 5.82 Å². The molecule has 3 atom stereocenters. The molecule has 254 valence electrons. The molecule has 4 aromatic rings. The molecule has 2 amide bonds. The fourth-order valence-electron chi connectivity index (χ4n) is 5.96. The largest absolute Gasteiger partial charge is 0.457 e. The zero-order valence-electron chi connectivity index (χ0n) is 26.1. The van der Waals surface area contributed by atoms with Gasteiger partial charge in [0.2, 0.25) is 23.2 Å². The van der Waals surface area contributed by atoms with E-state index in [1.165, 1.54) is 11.5 Å². The number of aromatic amines is 1. The number of aliphatic hydroxyl groups excluding tert-OH is 1. The SMILES string of the molecule is CC[C@@]1(OC(=O)CNC(=O)[C@@H](NC(=O)Cn2cc(F)c(=O)[nH]c2=O)[C@@H](C)O)C(=O)OCc2c1cc1n(c2=O)Cc2cc3ccccc3nc2-1. The molecule has 0 spiro atoms. The second-order valence-electron chi connectivity index (χ2n) is 11.6. The molecule has 5 heterocycles. The van der Waals surface area contributed by atoms with Crippen LogP contribution in [-0.4, -0.2) is 66.7 Å². The summed E-state index contributed by atoms with van der Waals surface area (Å²) in [5.41, 5.74) is -2.11. The molecule has 0 aliphatic carbocycles. The van der Waals surface area contributed by atoms with Crippen LogP contribution in [0.25, 0.3) is 22.3 Å². The highest BCUT2D eigenvalue weighted by atomic mass is 19.1. The lowest BCUT2D eigenvalue weighted by atomic mass is 9.85. The topological polar surface area (TPSA) is 221 Å². The van der Waals surface area contributed by atoms with E-state index in [0.29, 0.717) is 27.7 Å². The van der Waals surface area contributed by atoms with Gasteiger partial charge in [-0.2, -0.15) is 4.39 Å². The quantitative estimate of drug-likeness (QED) is 0.143. The zero-order valence-corrected chi connectivity index (χ0v) is 26.1. The minimum Gasteiger partial charge on any atom is -0.457 e. The summed E-state index contributed by atoms with van der Waals surface area (Å²) in [6.07, 6.45) is -1.13. The van der Waals surface area contributed by atoms with Gasteiger partial charge in [0.15, 0.2) is 0 Å². The molecular formula is C32H29FN6O10. The maximum atomic E-state index is 13.7. The van der Waals surface area contributed by atoms with Crippen molar-refractivity contribution in [3.05, 3.63) is 96.3 Å². The van der Waals surface area contributed by atoms with Crippen molar-refractivity contribution in [1.82, 2.24) is 29.7 Å². The van der Waals surface area contributed by atoms with Crippen LogP contribution < -0.4 is 27.4 Å². The Kier molecular flexibility index (Phi) is 8.45. The number of para-hydroxylation sites is 1. The van der Waals surface area contributed by atoms with Gasteiger partial charge >= 0.3 is 17.6 Å². The minimum absolute atomic E-state index is 0.123. The van der Waals surface area contributed by atoms with Crippen LogP contribution >= 0.6 is 0 Å². The van der Waals surface area contributed by atoms with Gasteiger partial charge in [0.1, 0.15) is 25.7 Å². The number of hydrogen-bond acceptors (Lipinski definition) is 11. The van der Waals surface area contributed by atoms with Gasteiger partial charge < -0.3 is 29.8 Å². The number of halogens is 1. The predicted octanol–water partition coefficient (Wildman–Crippen LogP) is -0.698. The molecule has 2 aliphatic heterocycles. The number of nitrogens with one attached hydrogen (secondary N) is 3. The number of carbonyl (C=O) groups is 4. The van der Waals surface area contributed by atoms with E-state index >= 15 is 0 Å². The molecule has 0 radical (unpaired) electrons. The first-order valence-electron chi connectivity index (χ1n) is 15.1. The van der Waals surface area contributed by atoms with Crippen molar-refractivity contribution in [1.29, 1.82) is 0 Å². The molecule has 0 saturated carbocycles. The normalized spacial score (nSPS) is 17.3. The van der Waals surface area contributed by atoms with E-state index < -0.39 is 77.2 Å². The molecule has 49 heavy (non-hydrogen) atoms. The second kappa shape index (κ2) is 12.6. The fourth-order valence-corrected chi connectivity index (χ4v) is 5.96. The van der Waals surface area contributed by atoms with Gasteiger partial charge in [-0.1, -0.05) is 25.1 Å². The summed E-state index contributed by atoms with van der Waals surface area (Å²) in [5, 5.41) is 15.4. The number of rotatable bonds is 9. The standard InChI is InChI=1S/C32H29FN6O10/c1-3-32(49-24(42)10-34-28(44)25(15(2)40)36-23(41)13-38-12-20(33)27(43)37-31(38)47)19-9-22-26-17(8-16-6-4-5-7-21(16)35-26)11-39(22)29(45)18(19)14-48-30(32)46/h4-9,12,15,25,40H,3,10-11,13-14H2,1-2H3,(H,34,44)(H,36,41)(H,37,43,47)/t15-,25+,32+/m1/s1. The number of benzene rings is 1. The molecule has 4 N–H and O–H groups in total. The number of esters is 2. The third-order valence-corrected chi connectivity index (χ3v) is 8.44. The number of nitrogens with zero attached hydrogens (tertiary/aromatic N) is 3. The van der Waals surface area contributed by atoms with Crippen molar-refractivity contribution < 1.29 is 38.1 Å². The molecular weight excluding hydrogens is 647 g/mol. The van der Waals surface area contributed by atoms with E-state index in [9.17, 15) is 43.1 Å². The van der Waals surface area contributed by atoms with E-state index in [1.807, 2.05) is 30.3 Å². The number of H-pyrrole nitrogens is 1. The zero-order chi connectivity index (χ0) is 35.2. The van der Waals surface area contributed by atoms with E-state index in [4.69, 9.17) is 14.5 Å². The Balaban J connectivity index is 1.20. The molecule has 17 heteroatoms. The summed E-state index contributed by atoms with van der Waals surface area (Å²) < 4.78 is 26.7. The number of carbonyl (C=O) groups excluding carboxylic acids is 4. The number of aliphatic hydroxyl groups is 1. The van der Waals surface area contributed by atoms with E-state index in [-0.39, 0.29) is 30.7 Å². The maximum absolute atomic E-state index is 13.7. The van der Waals surface area contributed by atoms with Crippen molar-refractivity contribution in [2.75, 3.05) is 6.54 Å². The first-order chi connectivity index (χ1) is 23.3. The van der Waals surface area contributed by atoms with Crippen LogP contribution in [0.1, 0.15) is 37.0 Å². The van der Waals surface area contributed by atoms with Crippen LogP contribution in [-0.2, 0) is 53.9 Å². The summed E-state index contributed by atoms with van der Waals surface area (Å²) in [6.45, 7) is 0.988. The lowest BCUT2D eigenvalue weighted by Crippen LogP contribution is -2.54. The van der Waals surface area contributed by atoms with E-state index in [2.05, 4.69) is 10.6 Å². The number of aromatic nitrogens is 4. The Morgan fingerprint density at radius 1 is 1.18 bits per heavy atom. The Hall–Kier alpha value is -5.97. The highest BCUT2D eigenvalue weighted by Gasteiger charge is 2.50. The minimum atomic E-state index is -2.04. The number of amides is 2. The van der Waals surface area contributed by atoms with Gasteiger partial charge in [-0.3, -0.25) is 33.5 Å². The van der Waals surface area contributed by atoms with Gasteiger partial charge in [-0.05, 0) is 31.5 Å². The van der Waals surface area contributed by atoms with Crippen LogP contribution in [0.15, 0.2) is 57.0 Å². The van der Waals surface area contributed by atoms with Crippen LogP contribution in [0.2, 0.25) is 0 Å². The number of cyclic esters (lactones) is 1. The molecule has 3 aromatic heterocycles. The number of ether oxygens (including phenoxy) is 2. The number of pyridine rings is 2. The summed E-state index contributed by atoms with van der Waals surface area (Å²) in [4.78, 5) is 95.1. The van der Waals surface area contributed by atoms with Crippen molar-refractivity contribution >= 4 is 34.7 Å². The predicted molar refractivity (Wildman–Crippen MR) is 166 cm³/mol. The molecule has 0 saturated heterocycles. The third-order valence-electron chi connectivity index (χ3n) is 8.44. The third kappa shape index (κ3) is 5.88. The summed E-state index contributed by atoms with van der Waals surface area (Å²) in [6, 6.07) is 9.35. The second-order valence-corrected chi connectivity index (χ2v) is 11.6. The smallest absolute Gasteiger partial charge is 0.355 e. The maximum Gasteiger partial charge on any atom is 0.355 e. The van der Waals surface area contributed by atoms with Gasteiger partial charge in [0.25, 0.3) is 11.1 Å². The van der Waals surface area contributed by atoms with Gasteiger partial charge in [0, 0.05) is 16.5 Å². The van der Waals surface area contributed by atoms with Crippen molar-refractivity contribution in [3.63, 3.8) is 0 Å². The Morgan fingerprint density at radius 2 is 1.94 bits per heavy atom. The van der Waals surface area contributed by atoms with Crippen LogP contribution in [0.3, 0.4) is 0 Å². The lowest BCUT2D eigenvalue weighted by Gasteiger charge is -2.35. The first kappa shape index (κ1) is 33.0. The highest BCUT2D eigenvalue weighted by Crippen LogP contribution is 2.40. The first-order valence-corrected chi connectivity index (χ1v) is 15.1. The number of hydrogen-bond donors (Lipinski definition) is 4. The Labute approximate surface area is 274 Å². The summed E-state index contributed by atoms with van der Waals surface area (Å²) in [5.74, 6) is -5.39. The van der Waals surface area contributed by atoms with Crippen molar-refractivity contribution in [2.24, 2.45) is 0 Å². The van der Waals surface area contributed by atoms with Gasteiger partial charge in [-0.25, -0.2) is 14.6 Å². The fraction of sp³-hybridized carbons (Fsp3) is 0.312. The summed E-state index contributed by atoms with van der Waals surface area (Å²) in [7, 11) is 0. The average Bonchev–Trinajstić information content (AvgIpc) is 3.42. The highest BCUT2D eigenvalue weighted by molar-refractivity contribution is 5.92. The molecule has 0 fully saturated rings. The molecule has 16 nitrogen and oxygen atoms in total. The molecule has 0 bridgehead atoms.